The van der Waals surface area contributed by atoms with Crippen molar-refractivity contribution in [1.82, 2.24) is 10.2 Å². The molecule has 1 saturated carbocycles. The van der Waals surface area contributed by atoms with Gasteiger partial charge in [-0.25, -0.2) is 0 Å². The van der Waals surface area contributed by atoms with Crippen LogP contribution in [0.2, 0.25) is 4.34 Å². The molecule has 2 aromatic rings. The van der Waals surface area contributed by atoms with Crippen LogP contribution in [0.1, 0.15) is 29.4 Å². The fourth-order valence-corrected chi connectivity index (χ4v) is 4.91. The maximum Gasteiger partial charge on any atom is 0.261 e. The molecule has 0 spiro atoms. The molecule has 182 valence electrons. The summed E-state index contributed by atoms with van der Waals surface area (Å²) in [4.78, 5) is 42.2. The second-order valence-electron chi connectivity index (χ2n) is 8.49. The van der Waals surface area contributed by atoms with Gasteiger partial charge in [0.2, 0.25) is 5.91 Å². The number of hydrogen-bond acceptors (Lipinski definition) is 6. The number of ether oxygens (including phenoxy) is 1. The average Bonchev–Trinajstić information content (AvgIpc) is 3.55. The number of likely N-dealkylation sites (N-methyl/N-ethyl adjacent to an activating group) is 1. The number of hydrogen-bond donors (Lipinski definition) is 2. The van der Waals surface area contributed by atoms with Crippen molar-refractivity contribution < 1.29 is 19.1 Å². The lowest BCUT2D eigenvalue weighted by atomic mass is 10.1. The van der Waals surface area contributed by atoms with Crippen molar-refractivity contribution in [3.05, 3.63) is 45.6 Å². The van der Waals surface area contributed by atoms with Crippen molar-refractivity contribution >= 4 is 52.0 Å². The zero-order valence-electron chi connectivity index (χ0n) is 19.1. The third-order valence-corrected chi connectivity index (χ3v) is 7.25. The maximum atomic E-state index is 13.3. The van der Waals surface area contributed by atoms with Crippen molar-refractivity contribution in [3.8, 4) is 0 Å². The minimum atomic E-state index is -0.509. The van der Waals surface area contributed by atoms with E-state index in [0.717, 1.165) is 12.2 Å². The summed E-state index contributed by atoms with van der Waals surface area (Å²) in [6, 6.07) is 10.1. The highest BCUT2D eigenvalue weighted by Gasteiger charge is 2.31. The second-order valence-corrected chi connectivity index (χ2v) is 10.2. The Hall–Kier alpha value is -2.46. The molecule has 2 N–H and O–H groups in total. The molecule has 4 rings (SSSR count). The van der Waals surface area contributed by atoms with Crippen LogP contribution >= 0.6 is 22.9 Å². The third-order valence-electron chi connectivity index (χ3n) is 6.02. The quantitative estimate of drug-likeness (QED) is 0.518. The highest BCUT2D eigenvalue weighted by Crippen LogP contribution is 2.30. The topological polar surface area (TPSA) is 91.0 Å². The number of thiophene rings is 1. The van der Waals surface area contributed by atoms with Crippen LogP contribution in [0.5, 0.6) is 0 Å². The fraction of sp³-hybridized carbons (Fsp3) is 0.458. The molecule has 2 aliphatic rings. The lowest BCUT2D eigenvalue weighted by Crippen LogP contribution is -2.51. The number of nitrogens with one attached hydrogen (secondary N) is 2. The molecule has 1 saturated heterocycles. The summed E-state index contributed by atoms with van der Waals surface area (Å²) < 4.78 is 5.73. The van der Waals surface area contributed by atoms with E-state index >= 15 is 0 Å². The first-order valence-corrected chi connectivity index (χ1v) is 12.7. The molecule has 1 atom stereocenters. The average molecular weight is 505 g/mol. The summed E-state index contributed by atoms with van der Waals surface area (Å²) in [7, 11) is 0. The van der Waals surface area contributed by atoms with Gasteiger partial charge in [-0.1, -0.05) is 18.5 Å². The number of carbonyl (C=O) groups is 3. The van der Waals surface area contributed by atoms with Gasteiger partial charge in [0.25, 0.3) is 11.8 Å². The first-order valence-electron chi connectivity index (χ1n) is 11.5. The Kier molecular flexibility index (Phi) is 8.20. The number of morpholine rings is 1. The SMILES string of the molecule is CCN(CC1CC1)[C@H](CNC(=O)c1ccc(Cl)s1)C(=O)Nc1ccc(N2CCOCC2=O)cc1. The minimum Gasteiger partial charge on any atom is -0.370 e. The Labute approximate surface area is 208 Å². The molecule has 1 aromatic carbocycles. The van der Waals surface area contributed by atoms with Gasteiger partial charge in [0, 0.05) is 31.0 Å². The van der Waals surface area contributed by atoms with E-state index in [1.165, 1.54) is 24.2 Å². The summed E-state index contributed by atoms with van der Waals surface area (Å²) in [5, 5.41) is 5.88. The van der Waals surface area contributed by atoms with Crippen LogP contribution < -0.4 is 15.5 Å². The van der Waals surface area contributed by atoms with E-state index in [-0.39, 0.29) is 30.9 Å². The van der Waals surface area contributed by atoms with Crippen molar-refractivity contribution in [1.29, 1.82) is 0 Å². The normalized spacial score (nSPS) is 17.0. The standard InChI is InChI=1S/C24H29ClN4O4S/c1-2-28(14-16-3-4-16)19(13-26-24(32)20-9-10-21(25)34-20)23(31)27-17-5-7-18(8-6-17)29-11-12-33-15-22(29)30/h5-10,16,19H,2-4,11-15H2,1H3,(H,26,32)(H,27,31)/t19-/m1/s1. The molecule has 8 nitrogen and oxygen atoms in total. The number of halogens is 1. The van der Waals surface area contributed by atoms with E-state index in [4.69, 9.17) is 16.3 Å². The highest BCUT2D eigenvalue weighted by atomic mass is 35.5. The van der Waals surface area contributed by atoms with Gasteiger partial charge in [-0.15, -0.1) is 11.3 Å². The summed E-state index contributed by atoms with van der Waals surface area (Å²) in [5.41, 5.74) is 1.41. The first-order chi connectivity index (χ1) is 16.4. The smallest absolute Gasteiger partial charge is 0.261 e. The number of rotatable bonds is 10. The van der Waals surface area contributed by atoms with Crippen molar-refractivity contribution in [2.45, 2.75) is 25.8 Å². The van der Waals surface area contributed by atoms with Gasteiger partial charge < -0.3 is 20.3 Å². The number of benzene rings is 1. The molecule has 0 radical (unpaired) electrons. The number of amides is 3. The highest BCUT2D eigenvalue weighted by molar-refractivity contribution is 7.18. The second kappa shape index (κ2) is 11.3. The van der Waals surface area contributed by atoms with Crippen molar-refractivity contribution in [3.63, 3.8) is 0 Å². The molecule has 1 aliphatic heterocycles. The molecule has 0 unspecified atom stereocenters. The van der Waals surface area contributed by atoms with Crippen molar-refractivity contribution in [2.75, 3.05) is 49.6 Å². The molecular formula is C24H29ClN4O4S. The molecule has 1 aromatic heterocycles. The molecular weight excluding hydrogens is 476 g/mol. The van der Waals surface area contributed by atoms with E-state index in [0.29, 0.717) is 40.5 Å². The lowest BCUT2D eigenvalue weighted by molar-refractivity contribution is -0.125. The Morgan fingerprint density at radius 2 is 2.00 bits per heavy atom. The predicted molar refractivity (Wildman–Crippen MR) is 134 cm³/mol. The molecule has 10 heteroatoms. The summed E-state index contributed by atoms with van der Waals surface area (Å²) in [5.74, 6) is 0.107. The largest absolute Gasteiger partial charge is 0.370 e. The minimum absolute atomic E-state index is 0.0791. The zero-order valence-corrected chi connectivity index (χ0v) is 20.7. The number of anilines is 2. The monoisotopic (exact) mass is 504 g/mol. The summed E-state index contributed by atoms with van der Waals surface area (Å²) in [6.07, 6.45) is 2.35. The Morgan fingerprint density at radius 3 is 2.62 bits per heavy atom. The predicted octanol–water partition coefficient (Wildman–Crippen LogP) is 3.23. The number of nitrogens with zero attached hydrogens (tertiary/aromatic N) is 2. The maximum absolute atomic E-state index is 13.3. The van der Waals surface area contributed by atoms with Gasteiger partial charge in [0.05, 0.1) is 15.8 Å². The van der Waals surface area contributed by atoms with E-state index in [9.17, 15) is 14.4 Å². The van der Waals surface area contributed by atoms with E-state index in [2.05, 4.69) is 15.5 Å². The van der Waals surface area contributed by atoms with Crippen LogP contribution in [0, 0.1) is 5.92 Å². The van der Waals surface area contributed by atoms with E-state index in [1.54, 1.807) is 29.2 Å². The lowest BCUT2D eigenvalue weighted by Gasteiger charge is -2.30. The Morgan fingerprint density at radius 1 is 1.24 bits per heavy atom. The molecule has 1 aliphatic carbocycles. The van der Waals surface area contributed by atoms with E-state index < -0.39 is 6.04 Å². The fourth-order valence-electron chi connectivity index (χ4n) is 3.95. The van der Waals surface area contributed by atoms with Crippen molar-refractivity contribution in [2.24, 2.45) is 5.92 Å². The van der Waals surface area contributed by atoms with Gasteiger partial charge in [0.15, 0.2) is 0 Å². The zero-order chi connectivity index (χ0) is 24.1. The van der Waals surface area contributed by atoms with Crippen LogP contribution in [-0.2, 0) is 14.3 Å². The number of carbonyl (C=O) groups excluding carboxylic acids is 3. The van der Waals surface area contributed by atoms with Gasteiger partial charge in [-0.05, 0) is 61.7 Å². The van der Waals surface area contributed by atoms with Gasteiger partial charge in [-0.2, -0.15) is 0 Å². The molecule has 34 heavy (non-hydrogen) atoms. The molecule has 0 bridgehead atoms. The summed E-state index contributed by atoms with van der Waals surface area (Å²) in [6.45, 7) is 4.84. The Bertz CT molecular complexity index is 1020. The molecule has 2 fully saturated rings. The van der Waals surface area contributed by atoms with Crippen LogP contribution in [0.15, 0.2) is 36.4 Å². The third kappa shape index (κ3) is 6.35. The first kappa shape index (κ1) is 24.7. The van der Waals surface area contributed by atoms with E-state index in [1.807, 2.05) is 19.1 Å². The van der Waals surface area contributed by atoms with Crippen LogP contribution in [0.3, 0.4) is 0 Å². The Balaban J connectivity index is 1.42. The van der Waals surface area contributed by atoms with Crippen LogP contribution in [-0.4, -0.2) is 68.1 Å². The molecule has 3 amide bonds. The molecule has 2 heterocycles. The van der Waals surface area contributed by atoms with Gasteiger partial charge in [-0.3, -0.25) is 19.3 Å². The van der Waals surface area contributed by atoms with Crippen LogP contribution in [0.4, 0.5) is 11.4 Å². The van der Waals surface area contributed by atoms with Crippen LogP contribution in [0.25, 0.3) is 0 Å². The summed E-state index contributed by atoms with van der Waals surface area (Å²) >= 11 is 7.16. The van der Waals surface area contributed by atoms with Gasteiger partial charge in [0.1, 0.15) is 12.6 Å². The van der Waals surface area contributed by atoms with Gasteiger partial charge >= 0.3 is 0 Å².